The molecule has 0 fully saturated rings. The maximum atomic E-state index is 12.6. The summed E-state index contributed by atoms with van der Waals surface area (Å²) in [5.41, 5.74) is 1.36. The zero-order valence-electron chi connectivity index (χ0n) is 14.0. The van der Waals surface area contributed by atoms with Gasteiger partial charge in [0.05, 0.1) is 19.1 Å². The van der Waals surface area contributed by atoms with Gasteiger partial charge in [0.1, 0.15) is 23.1 Å². The van der Waals surface area contributed by atoms with E-state index in [4.69, 9.17) is 9.15 Å². The lowest BCUT2D eigenvalue weighted by molar-refractivity contribution is -0.122. The molecule has 2 aromatic carbocycles. The van der Waals surface area contributed by atoms with Crippen LogP contribution in [0.2, 0.25) is 0 Å². The third kappa shape index (κ3) is 3.33. The predicted octanol–water partition coefficient (Wildman–Crippen LogP) is 3.93. The molecular weight excluding hydrogens is 316 g/mol. The first-order valence-electron chi connectivity index (χ1n) is 7.95. The largest absolute Gasteiger partial charge is 0.496 e. The Balaban J connectivity index is 1.81. The molecule has 0 radical (unpaired) electrons. The Morgan fingerprint density at radius 3 is 2.64 bits per heavy atom. The number of hydrogen-bond donors (Lipinski definition) is 1. The Bertz CT molecular complexity index is 906. The lowest BCUT2D eigenvalue weighted by atomic mass is 10.0. The number of furan rings is 1. The normalized spacial score (nSPS) is 13.0. The van der Waals surface area contributed by atoms with Crippen LogP contribution in [0, 0.1) is 11.3 Å². The van der Waals surface area contributed by atoms with Gasteiger partial charge in [-0.1, -0.05) is 36.4 Å². The number of rotatable bonds is 5. The van der Waals surface area contributed by atoms with Crippen LogP contribution in [-0.2, 0) is 4.79 Å². The Labute approximate surface area is 145 Å². The first-order chi connectivity index (χ1) is 12.1. The van der Waals surface area contributed by atoms with Crippen molar-refractivity contribution in [1.29, 1.82) is 5.26 Å². The molecule has 0 bridgehead atoms. The first kappa shape index (κ1) is 16.6. The van der Waals surface area contributed by atoms with E-state index >= 15 is 0 Å². The molecule has 126 valence electrons. The third-order valence-electron chi connectivity index (χ3n) is 4.13. The molecule has 1 heterocycles. The van der Waals surface area contributed by atoms with Gasteiger partial charge in [0.15, 0.2) is 0 Å². The average molecular weight is 334 g/mol. The van der Waals surface area contributed by atoms with Crippen molar-refractivity contribution >= 4 is 16.9 Å². The molecule has 5 heteroatoms. The summed E-state index contributed by atoms with van der Waals surface area (Å²) in [7, 11) is 1.53. The smallest absolute Gasteiger partial charge is 0.231 e. The number of nitriles is 1. The lowest BCUT2D eigenvalue weighted by Gasteiger charge is -2.17. The number of nitrogens with one attached hydrogen (secondary N) is 1. The highest BCUT2D eigenvalue weighted by Gasteiger charge is 2.24. The number of fused-ring (bicyclic) bond motifs is 1. The fourth-order valence-corrected chi connectivity index (χ4v) is 2.70. The van der Waals surface area contributed by atoms with Crippen LogP contribution >= 0.6 is 0 Å². The molecule has 0 aliphatic rings. The van der Waals surface area contributed by atoms with Crippen LogP contribution in [-0.4, -0.2) is 13.0 Å². The molecule has 0 saturated carbocycles. The minimum atomic E-state index is -0.796. The van der Waals surface area contributed by atoms with E-state index in [0.717, 1.165) is 11.0 Å². The van der Waals surface area contributed by atoms with Gasteiger partial charge in [-0.25, -0.2) is 0 Å². The molecular formula is C20H18N2O3. The lowest BCUT2D eigenvalue weighted by Crippen LogP contribution is -2.31. The van der Waals surface area contributed by atoms with Crippen LogP contribution in [0.3, 0.4) is 0 Å². The zero-order chi connectivity index (χ0) is 17.8. The Hall–Kier alpha value is -3.26. The van der Waals surface area contributed by atoms with Crippen molar-refractivity contribution < 1.29 is 13.9 Å². The monoisotopic (exact) mass is 334 g/mol. The number of hydrogen-bond acceptors (Lipinski definition) is 4. The molecule has 1 N–H and O–H groups in total. The molecule has 0 saturated heterocycles. The molecule has 5 nitrogen and oxygen atoms in total. The van der Waals surface area contributed by atoms with Gasteiger partial charge in [-0.2, -0.15) is 5.26 Å². The van der Waals surface area contributed by atoms with E-state index in [2.05, 4.69) is 11.4 Å². The number of benzene rings is 2. The third-order valence-corrected chi connectivity index (χ3v) is 4.13. The molecule has 1 aromatic heterocycles. The van der Waals surface area contributed by atoms with Crippen LogP contribution in [0.15, 0.2) is 59.0 Å². The maximum absolute atomic E-state index is 12.6. The summed E-state index contributed by atoms with van der Waals surface area (Å²) < 4.78 is 11.0. The van der Waals surface area contributed by atoms with E-state index in [-0.39, 0.29) is 5.91 Å². The maximum Gasteiger partial charge on any atom is 0.231 e. The van der Waals surface area contributed by atoms with Crippen molar-refractivity contribution in [2.75, 3.05) is 7.11 Å². The molecule has 2 unspecified atom stereocenters. The van der Waals surface area contributed by atoms with E-state index in [1.54, 1.807) is 25.1 Å². The number of ether oxygens (including phenoxy) is 1. The van der Waals surface area contributed by atoms with Crippen LogP contribution < -0.4 is 10.1 Å². The minimum Gasteiger partial charge on any atom is -0.496 e. The summed E-state index contributed by atoms with van der Waals surface area (Å²) in [6, 6.07) is 17.9. The Morgan fingerprint density at radius 1 is 1.20 bits per heavy atom. The number of amides is 1. The van der Waals surface area contributed by atoms with Gasteiger partial charge < -0.3 is 14.5 Å². The highest BCUT2D eigenvalue weighted by atomic mass is 16.5. The number of carbonyl (C=O) groups is 1. The van der Waals surface area contributed by atoms with Gasteiger partial charge >= 0.3 is 0 Å². The summed E-state index contributed by atoms with van der Waals surface area (Å²) in [6.07, 6.45) is 0. The van der Waals surface area contributed by atoms with Gasteiger partial charge in [0.2, 0.25) is 5.91 Å². The second kappa shape index (κ2) is 7.10. The Morgan fingerprint density at radius 2 is 1.92 bits per heavy atom. The van der Waals surface area contributed by atoms with Gasteiger partial charge in [0.25, 0.3) is 0 Å². The predicted molar refractivity (Wildman–Crippen MR) is 94.1 cm³/mol. The van der Waals surface area contributed by atoms with Gasteiger partial charge in [0, 0.05) is 10.9 Å². The van der Waals surface area contributed by atoms with Crippen molar-refractivity contribution in [3.05, 3.63) is 65.9 Å². The molecule has 0 aliphatic carbocycles. The summed E-state index contributed by atoms with van der Waals surface area (Å²) in [5.74, 6) is 0.329. The SMILES string of the molecule is COc1ccccc1C(C#N)NC(=O)C(C)c1cc2ccccc2o1. The zero-order valence-corrected chi connectivity index (χ0v) is 14.0. The van der Waals surface area contributed by atoms with Crippen molar-refractivity contribution in [2.45, 2.75) is 18.9 Å². The fourth-order valence-electron chi connectivity index (χ4n) is 2.70. The molecule has 0 aliphatic heterocycles. The van der Waals surface area contributed by atoms with Crippen molar-refractivity contribution in [3.63, 3.8) is 0 Å². The van der Waals surface area contributed by atoms with Crippen LogP contribution in [0.25, 0.3) is 11.0 Å². The van der Waals surface area contributed by atoms with Crippen molar-refractivity contribution in [2.24, 2.45) is 0 Å². The number of para-hydroxylation sites is 2. The topological polar surface area (TPSA) is 75.3 Å². The standard InChI is InChI=1S/C20H18N2O3/c1-13(19-11-14-7-3-5-9-17(14)25-19)20(23)22-16(12-21)15-8-4-6-10-18(15)24-2/h3-11,13,16H,1-2H3,(H,22,23). The summed E-state index contributed by atoms with van der Waals surface area (Å²) in [5, 5.41) is 13.2. The summed E-state index contributed by atoms with van der Waals surface area (Å²) in [4.78, 5) is 12.6. The molecule has 1 amide bonds. The number of methoxy groups -OCH3 is 1. The summed E-state index contributed by atoms with van der Waals surface area (Å²) in [6.45, 7) is 1.75. The first-order valence-corrected chi connectivity index (χ1v) is 7.95. The fraction of sp³-hybridized carbons (Fsp3) is 0.200. The molecule has 25 heavy (non-hydrogen) atoms. The van der Waals surface area contributed by atoms with Crippen LogP contribution in [0.4, 0.5) is 0 Å². The van der Waals surface area contributed by atoms with E-state index in [1.807, 2.05) is 36.4 Å². The van der Waals surface area contributed by atoms with E-state index in [9.17, 15) is 10.1 Å². The second-order valence-corrected chi connectivity index (χ2v) is 5.72. The summed E-state index contributed by atoms with van der Waals surface area (Å²) >= 11 is 0. The minimum absolute atomic E-state index is 0.281. The van der Waals surface area contributed by atoms with Crippen molar-refractivity contribution in [1.82, 2.24) is 5.32 Å². The molecule has 0 spiro atoms. The second-order valence-electron chi connectivity index (χ2n) is 5.72. The van der Waals surface area contributed by atoms with Crippen LogP contribution in [0.5, 0.6) is 5.75 Å². The van der Waals surface area contributed by atoms with Crippen LogP contribution in [0.1, 0.15) is 30.2 Å². The molecule has 3 aromatic rings. The quantitative estimate of drug-likeness (QED) is 0.767. The molecule has 3 rings (SSSR count). The highest BCUT2D eigenvalue weighted by Crippen LogP contribution is 2.27. The Kier molecular flexibility index (Phi) is 4.71. The van der Waals surface area contributed by atoms with E-state index < -0.39 is 12.0 Å². The van der Waals surface area contributed by atoms with Gasteiger partial charge in [-0.3, -0.25) is 4.79 Å². The number of nitrogens with zero attached hydrogens (tertiary/aromatic N) is 1. The van der Waals surface area contributed by atoms with E-state index in [1.165, 1.54) is 7.11 Å². The van der Waals surface area contributed by atoms with Gasteiger partial charge in [-0.05, 0) is 25.1 Å². The van der Waals surface area contributed by atoms with Crippen molar-refractivity contribution in [3.8, 4) is 11.8 Å². The van der Waals surface area contributed by atoms with E-state index in [0.29, 0.717) is 17.1 Å². The number of carbonyl (C=O) groups excluding carboxylic acids is 1. The molecule has 2 atom stereocenters. The highest BCUT2D eigenvalue weighted by molar-refractivity contribution is 5.86. The average Bonchev–Trinajstić information content (AvgIpc) is 3.09. The van der Waals surface area contributed by atoms with Gasteiger partial charge in [-0.15, -0.1) is 0 Å².